The smallest absolute Gasteiger partial charge is 0.143 e. The molecule has 1 saturated heterocycles. The summed E-state index contributed by atoms with van der Waals surface area (Å²) >= 11 is 0. The fourth-order valence-electron chi connectivity index (χ4n) is 1.78. The molecule has 4 nitrogen and oxygen atoms in total. The second-order valence-electron chi connectivity index (χ2n) is 3.64. The monoisotopic (exact) mass is 211 g/mol. The first kappa shape index (κ1) is 10.2. The van der Waals surface area contributed by atoms with Crippen LogP contribution in [0.4, 0.5) is 10.1 Å². The second kappa shape index (κ2) is 4.04. The minimum atomic E-state index is -0.423. The van der Waals surface area contributed by atoms with Crippen molar-refractivity contribution in [2.45, 2.75) is 6.04 Å². The summed E-state index contributed by atoms with van der Waals surface area (Å²) in [5, 5.41) is 16.1. The zero-order valence-corrected chi connectivity index (χ0v) is 8.26. The van der Waals surface area contributed by atoms with E-state index in [0.29, 0.717) is 12.1 Å². The first-order chi connectivity index (χ1) is 7.18. The van der Waals surface area contributed by atoms with Crippen LogP contribution in [0.1, 0.15) is 11.6 Å². The zero-order chi connectivity index (χ0) is 10.8. The topological polar surface area (TPSA) is 70.3 Å². The molecule has 2 rings (SSSR count). The summed E-state index contributed by atoms with van der Waals surface area (Å²) in [6.45, 7) is 2.33. The number of nitrogens with two attached hydrogens (primary N) is 1. The Morgan fingerprint density at radius 3 is 2.87 bits per heavy atom. The van der Waals surface area contributed by atoms with E-state index in [9.17, 15) is 9.50 Å². The maximum atomic E-state index is 13.1. The van der Waals surface area contributed by atoms with Gasteiger partial charge in [0, 0.05) is 37.3 Å². The largest absolute Gasteiger partial charge is 0.505 e. The maximum Gasteiger partial charge on any atom is 0.143 e. The van der Waals surface area contributed by atoms with Crippen molar-refractivity contribution in [2.24, 2.45) is 0 Å². The van der Waals surface area contributed by atoms with Crippen molar-refractivity contribution < 1.29 is 9.50 Å². The number of aromatic hydroxyl groups is 1. The van der Waals surface area contributed by atoms with E-state index in [2.05, 4.69) is 10.6 Å². The number of nitrogens with one attached hydrogen (secondary N) is 2. The van der Waals surface area contributed by atoms with Gasteiger partial charge in [-0.2, -0.15) is 0 Å². The predicted octanol–water partition coefficient (Wildman–Crippen LogP) is 0.347. The van der Waals surface area contributed by atoms with Gasteiger partial charge in [-0.25, -0.2) is 4.39 Å². The highest BCUT2D eigenvalue weighted by molar-refractivity contribution is 5.57. The van der Waals surface area contributed by atoms with E-state index in [1.54, 1.807) is 0 Å². The van der Waals surface area contributed by atoms with Crippen LogP contribution in [0.5, 0.6) is 5.75 Å². The van der Waals surface area contributed by atoms with Crippen molar-refractivity contribution in [2.75, 3.05) is 25.4 Å². The summed E-state index contributed by atoms with van der Waals surface area (Å²) in [5.74, 6) is -0.453. The maximum absolute atomic E-state index is 13.1. The Morgan fingerprint density at radius 1 is 1.40 bits per heavy atom. The molecule has 0 spiro atoms. The molecule has 15 heavy (non-hydrogen) atoms. The molecule has 0 bridgehead atoms. The third-order valence-corrected chi connectivity index (χ3v) is 2.55. The Hall–Kier alpha value is -1.33. The Labute approximate surface area is 87.3 Å². The van der Waals surface area contributed by atoms with E-state index in [-0.39, 0.29) is 17.5 Å². The van der Waals surface area contributed by atoms with Gasteiger partial charge >= 0.3 is 0 Å². The fraction of sp³-hybridized carbons (Fsp3) is 0.400. The van der Waals surface area contributed by atoms with Crippen molar-refractivity contribution in [3.8, 4) is 5.75 Å². The van der Waals surface area contributed by atoms with Crippen LogP contribution in [0.25, 0.3) is 0 Å². The van der Waals surface area contributed by atoms with Crippen LogP contribution in [0.2, 0.25) is 0 Å². The van der Waals surface area contributed by atoms with Crippen LogP contribution in [0.3, 0.4) is 0 Å². The van der Waals surface area contributed by atoms with E-state index >= 15 is 0 Å². The molecule has 0 amide bonds. The lowest BCUT2D eigenvalue weighted by Gasteiger charge is -2.25. The Morgan fingerprint density at radius 2 is 2.20 bits per heavy atom. The number of anilines is 1. The molecular formula is C10H14FN3O. The van der Waals surface area contributed by atoms with Gasteiger partial charge < -0.3 is 21.5 Å². The molecule has 1 aliphatic rings. The average Bonchev–Trinajstić information content (AvgIpc) is 2.24. The summed E-state index contributed by atoms with van der Waals surface area (Å²) in [4.78, 5) is 0. The normalized spacial score (nSPS) is 21.5. The standard InChI is InChI=1S/C10H14FN3O/c11-6-3-7(10(15)8(12)4-6)9-5-13-1-2-14-9/h3-4,9,13-15H,1-2,5,12H2/t9-/m0/s1. The van der Waals surface area contributed by atoms with Gasteiger partial charge in [-0.05, 0) is 6.07 Å². The van der Waals surface area contributed by atoms with Gasteiger partial charge in [0.15, 0.2) is 0 Å². The van der Waals surface area contributed by atoms with Crippen LogP contribution in [0, 0.1) is 5.82 Å². The molecule has 0 aliphatic carbocycles. The van der Waals surface area contributed by atoms with Crippen molar-refractivity contribution >= 4 is 5.69 Å². The lowest BCUT2D eigenvalue weighted by molar-refractivity contribution is 0.403. The number of hydrogen-bond acceptors (Lipinski definition) is 4. The van der Waals surface area contributed by atoms with E-state index < -0.39 is 5.82 Å². The molecular weight excluding hydrogens is 197 g/mol. The van der Waals surface area contributed by atoms with Crippen LogP contribution < -0.4 is 16.4 Å². The molecule has 1 fully saturated rings. The van der Waals surface area contributed by atoms with Gasteiger partial charge in [0.1, 0.15) is 11.6 Å². The highest BCUT2D eigenvalue weighted by atomic mass is 19.1. The minimum absolute atomic E-state index is 0.0300. The van der Waals surface area contributed by atoms with Crippen LogP contribution in [-0.2, 0) is 0 Å². The summed E-state index contributed by atoms with van der Waals surface area (Å²) in [6.07, 6.45) is 0. The zero-order valence-electron chi connectivity index (χ0n) is 8.26. The van der Waals surface area contributed by atoms with Crippen molar-refractivity contribution in [1.82, 2.24) is 10.6 Å². The summed E-state index contributed by atoms with van der Waals surface area (Å²) < 4.78 is 13.1. The lowest BCUT2D eigenvalue weighted by Crippen LogP contribution is -2.42. The number of phenolic OH excluding ortho intramolecular Hbond substituents is 1. The minimum Gasteiger partial charge on any atom is -0.505 e. The third kappa shape index (κ3) is 2.03. The van der Waals surface area contributed by atoms with E-state index in [1.807, 2.05) is 0 Å². The van der Waals surface area contributed by atoms with Crippen LogP contribution in [0.15, 0.2) is 12.1 Å². The fourth-order valence-corrected chi connectivity index (χ4v) is 1.78. The molecule has 1 atom stereocenters. The Balaban J connectivity index is 2.33. The van der Waals surface area contributed by atoms with Gasteiger partial charge in [0.05, 0.1) is 5.69 Å². The Bertz CT molecular complexity index is 364. The molecule has 1 aromatic carbocycles. The van der Waals surface area contributed by atoms with Gasteiger partial charge in [0.25, 0.3) is 0 Å². The number of piperazine rings is 1. The van der Waals surface area contributed by atoms with Gasteiger partial charge in [-0.3, -0.25) is 0 Å². The number of phenols is 1. The number of nitrogen functional groups attached to an aromatic ring is 1. The molecule has 0 radical (unpaired) electrons. The van der Waals surface area contributed by atoms with E-state index in [0.717, 1.165) is 19.2 Å². The van der Waals surface area contributed by atoms with Crippen LogP contribution >= 0.6 is 0 Å². The Kier molecular flexibility index (Phi) is 2.75. The lowest BCUT2D eigenvalue weighted by atomic mass is 10.0. The highest BCUT2D eigenvalue weighted by Gasteiger charge is 2.19. The van der Waals surface area contributed by atoms with Gasteiger partial charge in [-0.1, -0.05) is 0 Å². The van der Waals surface area contributed by atoms with Gasteiger partial charge in [0.2, 0.25) is 0 Å². The van der Waals surface area contributed by atoms with E-state index in [1.165, 1.54) is 6.07 Å². The molecule has 0 unspecified atom stereocenters. The van der Waals surface area contributed by atoms with Gasteiger partial charge in [-0.15, -0.1) is 0 Å². The number of hydrogen-bond donors (Lipinski definition) is 4. The predicted molar refractivity (Wildman–Crippen MR) is 56.1 cm³/mol. The molecule has 5 heteroatoms. The van der Waals surface area contributed by atoms with E-state index in [4.69, 9.17) is 5.73 Å². The molecule has 5 N–H and O–H groups in total. The molecule has 82 valence electrons. The summed E-state index contributed by atoms with van der Waals surface area (Å²) in [6, 6.07) is 2.35. The molecule has 1 aliphatic heterocycles. The third-order valence-electron chi connectivity index (χ3n) is 2.55. The summed E-state index contributed by atoms with van der Waals surface area (Å²) in [7, 11) is 0. The molecule has 0 aromatic heterocycles. The van der Waals surface area contributed by atoms with Crippen molar-refractivity contribution in [3.05, 3.63) is 23.5 Å². The SMILES string of the molecule is Nc1cc(F)cc([C@@H]2CNCCN2)c1O. The number of benzene rings is 1. The van der Waals surface area contributed by atoms with Crippen LogP contribution in [-0.4, -0.2) is 24.7 Å². The first-order valence-corrected chi connectivity index (χ1v) is 4.90. The molecule has 1 heterocycles. The highest BCUT2D eigenvalue weighted by Crippen LogP contribution is 2.31. The first-order valence-electron chi connectivity index (χ1n) is 4.90. The summed E-state index contributed by atoms with van der Waals surface area (Å²) in [5.41, 5.74) is 6.08. The quantitative estimate of drug-likeness (QED) is 0.399. The van der Waals surface area contributed by atoms with Crippen molar-refractivity contribution in [3.63, 3.8) is 0 Å². The molecule has 1 aromatic rings. The number of halogens is 1. The average molecular weight is 211 g/mol. The van der Waals surface area contributed by atoms with Crippen molar-refractivity contribution in [1.29, 1.82) is 0 Å². The number of rotatable bonds is 1. The second-order valence-corrected chi connectivity index (χ2v) is 3.64. The molecule has 0 saturated carbocycles.